The minimum Gasteiger partial charge on any atom is -0.495 e. The van der Waals surface area contributed by atoms with Crippen LogP contribution in [0.5, 0.6) is 5.75 Å². The molecule has 0 fully saturated rings. The third-order valence-electron chi connectivity index (χ3n) is 7.93. The SMILES string of the molecule is CC[C@@H](C)NC(=O)[C@H](Cc1ccccc1)N(Cc1ccc(Cl)cc1Cl)C(=O)CN(c1cc(Cl)ccc1OC)S(=O)(=O)c1ccc(C)cc1. The number of nitrogens with zero attached hydrogens (tertiary/aromatic N) is 2. The lowest BCUT2D eigenvalue weighted by Gasteiger charge is -2.34. The molecule has 0 saturated heterocycles. The summed E-state index contributed by atoms with van der Waals surface area (Å²) in [6.45, 7) is 4.88. The number of carbonyl (C=O) groups excluding carboxylic acids is 2. The molecule has 4 aromatic rings. The molecule has 8 nitrogen and oxygen atoms in total. The van der Waals surface area contributed by atoms with Gasteiger partial charge in [-0.15, -0.1) is 0 Å². The normalized spacial score (nSPS) is 12.6. The lowest BCUT2D eigenvalue weighted by Crippen LogP contribution is -2.54. The predicted molar refractivity (Wildman–Crippen MR) is 193 cm³/mol. The van der Waals surface area contributed by atoms with Crippen LogP contribution in [0.2, 0.25) is 15.1 Å². The molecule has 4 aromatic carbocycles. The van der Waals surface area contributed by atoms with E-state index in [1.807, 2.05) is 51.1 Å². The molecule has 0 radical (unpaired) electrons. The number of amides is 2. The van der Waals surface area contributed by atoms with E-state index in [9.17, 15) is 18.0 Å². The first-order valence-electron chi connectivity index (χ1n) is 15.3. The van der Waals surface area contributed by atoms with E-state index < -0.39 is 28.5 Å². The minimum atomic E-state index is -4.36. The molecule has 0 aliphatic heterocycles. The number of sulfonamides is 1. The summed E-state index contributed by atoms with van der Waals surface area (Å²) in [7, 11) is -2.96. The van der Waals surface area contributed by atoms with E-state index >= 15 is 0 Å². The highest BCUT2D eigenvalue weighted by Crippen LogP contribution is 2.35. The lowest BCUT2D eigenvalue weighted by atomic mass is 10.0. The van der Waals surface area contributed by atoms with Crippen molar-refractivity contribution in [2.45, 2.75) is 57.1 Å². The molecule has 0 aromatic heterocycles. The van der Waals surface area contributed by atoms with Crippen molar-refractivity contribution in [1.82, 2.24) is 10.2 Å². The molecule has 254 valence electrons. The molecule has 48 heavy (non-hydrogen) atoms. The largest absolute Gasteiger partial charge is 0.495 e. The molecule has 0 unspecified atom stereocenters. The summed E-state index contributed by atoms with van der Waals surface area (Å²) < 4.78 is 35.2. The van der Waals surface area contributed by atoms with E-state index in [4.69, 9.17) is 39.5 Å². The molecule has 0 aliphatic carbocycles. The van der Waals surface area contributed by atoms with Crippen LogP contribution in [0.15, 0.2) is 95.9 Å². The van der Waals surface area contributed by atoms with Gasteiger partial charge >= 0.3 is 0 Å². The van der Waals surface area contributed by atoms with Crippen LogP contribution in [0.3, 0.4) is 0 Å². The first-order valence-corrected chi connectivity index (χ1v) is 17.9. The Balaban J connectivity index is 1.88. The Morgan fingerprint density at radius 1 is 0.896 bits per heavy atom. The molecular weight excluding hydrogens is 693 g/mol. The molecule has 0 aliphatic rings. The van der Waals surface area contributed by atoms with Crippen LogP contribution in [-0.2, 0) is 32.6 Å². The van der Waals surface area contributed by atoms with Gasteiger partial charge in [-0.3, -0.25) is 13.9 Å². The van der Waals surface area contributed by atoms with E-state index in [-0.39, 0.29) is 46.3 Å². The number of rotatable bonds is 14. The number of aryl methyl sites for hydroxylation is 1. The first-order chi connectivity index (χ1) is 22.8. The van der Waals surface area contributed by atoms with Gasteiger partial charge in [-0.1, -0.05) is 95.8 Å². The Labute approximate surface area is 297 Å². The van der Waals surface area contributed by atoms with E-state index in [1.165, 1.54) is 36.3 Å². The minimum absolute atomic E-state index is 0.0365. The standard InChI is InChI=1S/C36H38Cl3N3O5S/c1-5-25(3)40-36(44)33(19-26-9-7-6-8-10-26)41(22-27-13-14-28(37)20-31(27)39)35(43)23-42(32-21-29(38)15-18-34(32)47-4)48(45,46)30-16-11-24(2)12-17-30/h6-18,20-21,25,33H,5,19,22-23H2,1-4H3,(H,40,44)/t25-,33+/m1/s1. The Bertz CT molecular complexity index is 1840. The van der Waals surface area contributed by atoms with Gasteiger partial charge in [-0.25, -0.2) is 8.42 Å². The summed E-state index contributed by atoms with van der Waals surface area (Å²) in [5.74, 6) is -0.857. The highest BCUT2D eigenvalue weighted by molar-refractivity contribution is 7.92. The quantitative estimate of drug-likeness (QED) is 0.143. The number of anilines is 1. The summed E-state index contributed by atoms with van der Waals surface area (Å²) in [5, 5.41) is 3.95. The van der Waals surface area contributed by atoms with Gasteiger partial charge in [-0.2, -0.15) is 0 Å². The molecule has 0 bridgehead atoms. The maximum absolute atomic E-state index is 14.7. The van der Waals surface area contributed by atoms with Crippen molar-refractivity contribution >= 4 is 62.3 Å². The van der Waals surface area contributed by atoms with Crippen LogP contribution in [-0.4, -0.2) is 50.9 Å². The number of halogens is 3. The van der Waals surface area contributed by atoms with Crippen LogP contribution in [0.25, 0.3) is 0 Å². The van der Waals surface area contributed by atoms with Crippen molar-refractivity contribution in [1.29, 1.82) is 0 Å². The third-order valence-corrected chi connectivity index (χ3v) is 10.5. The summed E-state index contributed by atoms with van der Waals surface area (Å²) in [6, 6.07) is 23.8. The van der Waals surface area contributed by atoms with Crippen LogP contribution in [0.1, 0.15) is 37.0 Å². The van der Waals surface area contributed by atoms with E-state index in [0.29, 0.717) is 22.0 Å². The molecule has 2 atom stereocenters. The Hall–Kier alpha value is -3.76. The van der Waals surface area contributed by atoms with Crippen molar-refractivity contribution in [3.05, 3.63) is 123 Å². The van der Waals surface area contributed by atoms with Crippen LogP contribution >= 0.6 is 34.8 Å². The second kappa shape index (κ2) is 16.6. The topological polar surface area (TPSA) is 96.0 Å². The molecule has 2 amide bonds. The van der Waals surface area contributed by atoms with Gasteiger partial charge in [0.2, 0.25) is 11.8 Å². The number of methoxy groups -OCH3 is 1. The summed E-state index contributed by atoms with van der Waals surface area (Å²) in [5.41, 5.74) is 2.26. The molecule has 1 N–H and O–H groups in total. The van der Waals surface area contributed by atoms with Gasteiger partial charge in [-0.05, 0) is 73.9 Å². The maximum atomic E-state index is 14.7. The zero-order chi connectivity index (χ0) is 35.0. The first kappa shape index (κ1) is 37.1. The van der Waals surface area contributed by atoms with Gasteiger partial charge in [0.05, 0.1) is 17.7 Å². The highest BCUT2D eigenvalue weighted by atomic mass is 35.5. The van der Waals surface area contributed by atoms with Gasteiger partial charge in [0.15, 0.2) is 0 Å². The number of benzene rings is 4. The van der Waals surface area contributed by atoms with E-state index in [1.54, 1.807) is 36.4 Å². The van der Waals surface area contributed by atoms with E-state index in [2.05, 4.69) is 5.32 Å². The highest BCUT2D eigenvalue weighted by Gasteiger charge is 2.36. The fraction of sp³-hybridized carbons (Fsp3) is 0.278. The molecule has 4 rings (SSSR count). The van der Waals surface area contributed by atoms with Crippen molar-refractivity contribution in [2.75, 3.05) is 18.0 Å². The number of hydrogen-bond acceptors (Lipinski definition) is 5. The maximum Gasteiger partial charge on any atom is 0.264 e. The summed E-state index contributed by atoms with van der Waals surface area (Å²) in [4.78, 5) is 30.1. The van der Waals surface area contributed by atoms with Gasteiger partial charge in [0.25, 0.3) is 10.0 Å². The van der Waals surface area contributed by atoms with Crippen LogP contribution in [0.4, 0.5) is 5.69 Å². The zero-order valence-corrected chi connectivity index (χ0v) is 30.2. The molecule has 0 spiro atoms. The number of nitrogens with one attached hydrogen (secondary N) is 1. The second-order valence-corrected chi connectivity index (χ2v) is 14.6. The van der Waals surface area contributed by atoms with Crippen LogP contribution in [0, 0.1) is 6.92 Å². The number of carbonyl (C=O) groups is 2. The fourth-order valence-corrected chi connectivity index (χ4v) is 7.09. The summed E-state index contributed by atoms with van der Waals surface area (Å²) in [6.07, 6.45) is 0.823. The van der Waals surface area contributed by atoms with Crippen LogP contribution < -0.4 is 14.4 Å². The number of ether oxygens (including phenoxy) is 1. The second-order valence-electron chi connectivity index (χ2n) is 11.4. The predicted octanol–water partition coefficient (Wildman–Crippen LogP) is 7.71. The molecular formula is C36H38Cl3N3O5S. The van der Waals surface area contributed by atoms with Crippen molar-refractivity contribution in [2.24, 2.45) is 0 Å². The average Bonchev–Trinajstić information content (AvgIpc) is 3.06. The zero-order valence-electron chi connectivity index (χ0n) is 27.1. The van der Waals surface area contributed by atoms with Crippen molar-refractivity contribution in [3.8, 4) is 5.75 Å². The Morgan fingerprint density at radius 3 is 2.17 bits per heavy atom. The molecule has 12 heteroatoms. The number of hydrogen-bond donors (Lipinski definition) is 1. The van der Waals surface area contributed by atoms with Gasteiger partial charge in [0.1, 0.15) is 18.3 Å². The van der Waals surface area contributed by atoms with Crippen molar-refractivity contribution < 1.29 is 22.7 Å². The monoisotopic (exact) mass is 729 g/mol. The summed E-state index contributed by atoms with van der Waals surface area (Å²) >= 11 is 19.1. The smallest absolute Gasteiger partial charge is 0.264 e. The molecule has 0 saturated carbocycles. The Kier molecular flexibility index (Phi) is 12.8. The van der Waals surface area contributed by atoms with Gasteiger partial charge in [0, 0.05) is 34.1 Å². The Morgan fingerprint density at radius 2 is 1.54 bits per heavy atom. The van der Waals surface area contributed by atoms with Crippen molar-refractivity contribution in [3.63, 3.8) is 0 Å². The fourth-order valence-electron chi connectivity index (χ4n) is 5.04. The van der Waals surface area contributed by atoms with Gasteiger partial charge < -0.3 is 15.0 Å². The third kappa shape index (κ3) is 9.23. The lowest BCUT2D eigenvalue weighted by molar-refractivity contribution is -0.140. The molecule has 0 heterocycles. The van der Waals surface area contributed by atoms with E-state index in [0.717, 1.165) is 15.4 Å². The average molecular weight is 731 g/mol.